The van der Waals surface area contributed by atoms with Gasteiger partial charge in [0.25, 0.3) is 11.8 Å². The molecular weight excluding hydrogens is 1760 g/mol. The summed E-state index contributed by atoms with van der Waals surface area (Å²) in [7, 11) is 2.81. The molecular formula is C52H64I6N4O20. The van der Waals surface area contributed by atoms with Gasteiger partial charge in [0.15, 0.2) is 37.0 Å². The predicted molar refractivity (Wildman–Crippen MR) is 343 cm³/mol. The molecule has 2 fully saturated rings. The van der Waals surface area contributed by atoms with E-state index in [4.69, 9.17) is 47.4 Å². The number of hydrogen-bond donors (Lipinski definition) is 2. The molecule has 2 aliphatic rings. The lowest BCUT2D eigenvalue weighted by molar-refractivity contribution is -0.217. The second-order valence-electron chi connectivity index (χ2n) is 19.6. The zero-order valence-electron chi connectivity index (χ0n) is 46.8. The minimum atomic E-state index is -1.37. The first-order valence-electron chi connectivity index (χ1n) is 25.2. The number of carbonyl (C=O) groups is 10. The Bertz CT molecular complexity index is 2580. The van der Waals surface area contributed by atoms with E-state index in [1.54, 1.807) is 0 Å². The summed E-state index contributed by atoms with van der Waals surface area (Å²) in [6, 6.07) is 0. The first kappa shape index (κ1) is 71.8. The number of esters is 6. The van der Waals surface area contributed by atoms with Gasteiger partial charge in [0.05, 0.1) is 81.0 Å². The molecule has 0 aromatic heterocycles. The van der Waals surface area contributed by atoms with Gasteiger partial charge in [-0.25, -0.2) is 0 Å². The van der Waals surface area contributed by atoms with Crippen molar-refractivity contribution in [3.05, 3.63) is 32.5 Å². The van der Waals surface area contributed by atoms with Crippen LogP contribution in [-0.2, 0) is 85.7 Å². The molecule has 4 unspecified atom stereocenters. The van der Waals surface area contributed by atoms with Gasteiger partial charge >= 0.3 is 35.8 Å². The number of anilines is 2. The van der Waals surface area contributed by atoms with Crippen LogP contribution in [0.1, 0.15) is 90.0 Å². The van der Waals surface area contributed by atoms with E-state index in [0.29, 0.717) is 18.3 Å². The predicted octanol–water partition coefficient (Wildman–Crippen LogP) is 7.15. The normalized spacial score (nSPS) is 18.4. The molecule has 24 nitrogen and oxygen atoms in total. The fraction of sp³-hybridized carbons (Fsp3) is 0.577. The molecule has 4 atom stereocenters. The largest absolute Gasteiger partial charge is 0.462 e. The number of carbonyl (C=O) groups excluding carboxylic acids is 10. The number of amides is 4. The molecule has 2 saturated heterocycles. The maximum absolute atomic E-state index is 15.4. The van der Waals surface area contributed by atoms with Crippen LogP contribution in [-0.4, -0.2) is 173 Å². The number of rotatable bonds is 23. The van der Waals surface area contributed by atoms with Crippen molar-refractivity contribution in [1.29, 1.82) is 0 Å². The Morgan fingerprint density at radius 2 is 0.732 bits per heavy atom. The zero-order valence-corrected chi connectivity index (χ0v) is 59.7. The molecule has 2 aromatic carbocycles. The SMILES string of the molecule is CC(=O)OCC(OC(C)=O)C(CN(C)C(=O)c1c(I)c(NC(=O)C2COC(C(C)C)OC2)c(I)c(-c2c(I)c(NC(=O)C3COC(C(C)C)OC3)c(I)c(C(=O)N(C)CC(OC(C)=O)C(COC(C)=O)OC(C)=O)c2I)c1I)OC(C)=O. The average molecular weight is 1830 g/mol. The smallest absolute Gasteiger partial charge is 0.303 e. The number of nitrogens with zero attached hydrogens (tertiary/aromatic N) is 2. The second kappa shape index (κ2) is 32.9. The summed E-state index contributed by atoms with van der Waals surface area (Å²) in [4.78, 5) is 136. The molecule has 30 heteroatoms. The Hall–Kier alpha value is -2.64. The molecule has 4 rings (SSSR count). The Morgan fingerprint density at radius 1 is 0.451 bits per heavy atom. The number of benzene rings is 2. The van der Waals surface area contributed by atoms with Crippen molar-refractivity contribution in [2.24, 2.45) is 23.7 Å². The Labute approximate surface area is 556 Å². The van der Waals surface area contributed by atoms with Crippen molar-refractivity contribution in [3.8, 4) is 11.1 Å². The van der Waals surface area contributed by atoms with Crippen molar-refractivity contribution < 1.29 is 95.3 Å². The number of ether oxygens (including phenoxy) is 10. The van der Waals surface area contributed by atoms with Gasteiger partial charge in [-0.2, -0.15) is 0 Å². The summed E-state index contributed by atoms with van der Waals surface area (Å²) < 4.78 is 57.9. The van der Waals surface area contributed by atoms with Crippen molar-refractivity contribution in [2.75, 3.05) is 77.5 Å². The van der Waals surface area contributed by atoms with E-state index >= 15 is 9.59 Å². The third-order valence-corrected chi connectivity index (χ3v) is 18.6. The quantitative estimate of drug-likeness (QED) is 0.0634. The summed E-state index contributed by atoms with van der Waals surface area (Å²) in [6.07, 6.45) is -6.55. The minimum Gasteiger partial charge on any atom is -0.462 e. The van der Waals surface area contributed by atoms with Crippen LogP contribution in [0.5, 0.6) is 0 Å². The van der Waals surface area contributed by atoms with Crippen LogP contribution >= 0.6 is 136 Å². The van der Waals surface area contributed by atoms with E-state index < -0.39 is 135 Å². The summed E-state index contributed by atoms with van der Waals surface area (Å²) in [6.45, 7) is 12.6. The Morgan fingerprint density at radius 3 is 0.988 bits per heavy atom. The minimum absolute atomic E-state index is 0.00591. The summed E-state index contributed by atoms with van der Waals surface area (Å²) in [5.74, 6) is -8.66. The van der Waals surface area contributed by atoms with Crippen LogP contribution in [0.4, 0.5) is 11.4 Å². The molecule has 2 N–H and O–H groups in total. The first-order chi connectivity index (χ1) is 38.3. The van der Waals surface area contributed by atoms with Crippen molar-refractivity contribution in [1.82, 2.24) is 9.80 Å². The van der Waals surface area contributed by atoms with E-state index in [1.165, 1.54) is 23.9 Å². The molecule has 82 heavy (non-hydrogen) atoms. The van der Waals surface area contributed by atoms with Gasteiger partial charge in [0.2, 0.25) is 11.8 Å². The first-order valence-corrected chi connectivity index (χ1v) is 31.7. The zero-order chi connectivity index (χ0) is 61.8. The van der Waals surface area contributed by atoms with Crippen LogP contribution in [0.3, 0.4) is 0 Å². The standard InChI is InChI=1S/C52H64I6N4O20/c1-21(2)51-75-15-29(16-76-51)47(69)59-45-41(55)35(39(53)37(43(45)57)49(71)61(11)13-31(79-25(7)65)33(81-27(9)67)19-73-23(5)63)36-40(54)38(44(58)46(42(36)56)60-48(70)30-17-77-52(22(3)4)78-18-30)50(72)62(12)14-32(80-26(8)66)34(82-28(10)68)20-74-24(6)64/h21-22,29-34,51-52H,13-20H2,1-12H3,(H,59,69)(H,60,70). The summed E-state index contributed by atoms with van der Waals surface area (Å²) in [5, 5.41) is 6.06. The summed E-state index contributed by atoms with van der Waals surface area (Å²) >= 11 is 12.0. The van der Waals surface area contributed by atoms with Crippen LogP contribution in [0, 0.1) is 45.1 Å². The molecule has 4 amide bonds. The van der Waals surface area contributed by atoms with E-state index in [0.717, 1.165) is 41.5 Å². The number of hydrogen-bond acceptors (Lipinski definition) is 20. The van der Waals surface area contributed by atoms with Gasteiger partial charge in [-0.15, -0.1) is 0 Å². The van der Waals surface area contributed by atoms with Gasteiger partial charge in [-0.05, 0) is 136 Å². The fourth-order valence-corrected chi connectivity index (χ4v) is 17.0. The van der Waals surface area contributed by atoms with Crippen molar-refractivity contribution in [3.63, 3.8) is 0 Å². The van der Waals surface area contributed by atoms with Gasteiger partial charge in [-0.1, -0.05) is 27.7 Å². The molecule has 0 spiro atoms. The maximum Gasteiger partial charge on any atom is 0.303 e. The van der Waals surface area contributed by atoms with Crippen LogP contribution in [0.15, 0.2) is 0 Å². The monoisotopic (exact) mass is 1830 g/mol. The highest BCUT2D eigenvalue weighted by atomic mass is 127. The highest BCUT2D eigenvalue weighted by Crippen LogP contribution is 2.48. The fourth-order valence-electron chi connectivity index (χ4n) is 8.16. The average Bonchev–Trinajstić information content (AvgIpc) is 2.64. The van der Waals surface area contributed by atoms with Crippen molar-refractivity contribution >= 4 is 206 Å². The van der Waals surface area contributed by atoms with Crippen LogP contribution in [0.25, 0.3) is 11.1 Å². The molecule has 0 radical (unpaired) electrons. The third-order valence-electron chi connectivity index (χ3n) is 12.1. The molecule has 0 bridgehead atoms. The van der Waals surface area contributed by atoms with Gasteiger partial charge in [0.1, 0.15) is 13.2 Å². The van der Waals surface area contributed by atoms with Crippen LogP contribution in [0.2, 0.25) is 0 Å². The van der Waals surface area contributed by atoms with E-state index in [1.807, 2.05) is 163 Å². The van der Waals surface area contributed by atoms with Crippen LogP contribution < -0.4 is 10.6 Å². The molecule has 2 aromatic rings. The van der Waals surface area contributed by atoms with Gasteiger partial charge in [0, 0.05) is 92.9 Å². The molecule has 2 aliphatic heterocycles. The number of likely N-dealkylation sites (N-methyl/N-ethyl adjacent to an activating group) is 2. The molecule has 2 heterocycles. The lowest BCUT2D eigenvalue weighted by Crippen LogP contribution is -2.46. The highest BCUT2D eigenvalue weighted by molar-refractivity contribution is 14.1. The Kier molecular flexibility index (Phi) is 28.8. The number of nitrogens with one attached hydrogen (secondary N) is 2. The van der Waals surface area contributed by atoms with Gasteiger partial charge in [-0.3, -0.25) is 47.9 Å². The topological polar surface area (TPSA) is 294 Å². The van der Waals surface area contributed by atoms with E-state index in [2.05, 4.69) is 10.6 Å². The lowest BCUT2D eigenvalue weighted by atomic mass is 9.97. The molecule has 454 valence electrons. The third kappa shape index (κ3) is 19.7. The van der Waals surface area contributed by atoms with E-state index in [9.17, 15) is 38.4 Å². The molecule has 0 saturated carbocycles. The Balaban J connectivity index is 2.08. The highest BCUT2D eigenvalue weighted by Gasteiger charge is 2.40. The molecule has 0 aliphatic carbocycles. The second-order valence-corrected chi connectivity index (χ2v) is 26.1. The van der Waals surface area contributed by atoms with Crippen molar-refractivity contribution in [2.45, 2.75) is 106 Å². The van der Waals surface area contributed by atoms with Gasteiger partial charge < -0.3 is 67.8 Å². The summed E-state index contributed by atoms with van der Waals surface area (Å²) in [5.41, 5.74) is 0.981. The lowest BCUT2D eigenvalue weighted by Gasteiger charge is -2.32. The maximum atomic E-state index is 15.4. The number of halogens is 6. The van der Waals surface area contributed by atoms with E-state index in [-0.39, 0.29) is 75.0 Å².